The second kappa shape index (κ2) is 5.06. The Morgan fingerprint density at radius 3 is 2.96 bits per heavy atom. The van der Waals surface area contributed by atoms with Gasteiger partial charge in [-0.3, -0.25) is 4.40 Å². The molecule has 0 amide bonds. The highest BCUT2D eigenvalue weighted by Gasteiger charge is 2.29. The van der Waals surface area contributed by atoms with Crippen molar-refractivity contribution in [1.82, 2.24) is 19.6 Å². The minimum Gasteiger partial charge on any atom is -0.459 e. The van der Waals surface area contributed by atoms with E-state index >= 15 is 0 Å². The molecule has 1 atom stereocenters. The minimum absolute atomic E-state index is 0.0165. The molecular formula is C18H17N5O. The summed E-state index contributed by atoms with van der Waals surface area (Å²) in [7, 11) is 0. The van der Waals surface area contributed by atoms with E-state index in [0.29, 0.717) is 5.92 Å². The van der Waals surface area contributed by atoms with Gasteiger partial charge in [-0.1, -0.05) is 18.2 Å². The summed E-state index contributed by atoms with van der Waals surface area (Å²) < 4.78 is 7.97. The Morgan fingerprint density at radius 2 is 2.12 bits per heavy atom. The number of nitrogens with one attached hydrogen (secondary N) is 1. The Hall–Kier alpha value is -2.89. The maximum absolute atomic E-state index is 5.93. The summed E-state index contributed by atoms with van der Waals surface area (Å²) in [4.78, 5) is 4.44. The van der Waals surface area contributed by atoms with Crippen LogP contribution in [-0.4, -0.2) is 19.6 Å². The average molecular weight is 319 g/mol. The Bertz CT molecular complexity index is 997. The summed E-state index contributed by atoms with van der Waals surface area (Å²) >= 11 is 0. The first-order valence-corrected chi connectivity index (χ1v) is 8.24. The lowest BCUT2D eigenvalue weighted by atomic mass is 10.2. The fourth-order valence-electron chi connectivity index (χ4n) is 3.06. The minimum atomic E-state index is -0.0165. The largest absolute Gasteiger partial charge is 0.459 e. The number of fused-ring (bicyclic) bond motifs is 2. The van der Waals surface area contributed by atoms with Crippen LogP contribution in [0.15, 0.2) is 47.1 Å². The van der Waals surface area contributed by atoms with Crippen LogP contribution < -0.4 is 5.32 Å². The molecule has 3 aromatic heterocycles. The van der Waals surface area contributed by atoms with E-state index in [1.165, 1.54) is 12.8 Å². The van der Waals surface area contributed by atoms with Crippen LogP contribution in [0.25, 0.3) is 16.6 Å². The maximum Gasteiger partial charge on any atom is 0.203 e. The fraction of sp³-hybridized carbons (Fsp3) is 0.278. The third-order valence-electron chi connectivity index (χ3n) is 4.52. The standard InChI is InChI=1S/C18H17N5O/c1-11(15-10-13-4-2-3-5-14(13)24-15)20-16-18-22-21-17(12-6-7-12)23(18)9-8-19-16/h2-5,8-12H,6-7H2,1H3,(H,19,20)/t11-/m1/s1. The van der Waals surface area contributed by atoms with Gasteiger partial charge in [-0.05, 0) is 31.9 Å². The zero-order valence-corrected chi connectivity index (χ0v) is 13.3. The van der Waals surface area contributed by atoms with Crippen LogP contribution in [0.3, 0.4) is 0 Å². The number of para-hydroxylation sites is 1. The normalized spacial score (nSPS) is 15.9. The second-order valence-corrected chi connectivity index (χ2v) is 6.35. The first-order valence-electron chi connectivity index (χ1n) is 8.24. The molecule has 0 bridgehead atoms. The molecule has 1 aromatic carbocycles. The summed E-state index contributed by atoms with van der Waals surface area (Å²) in [6.45, 7) is 2.06. The van der Waals surface area contributed by atoms with Gasteiger partial charge in [0.15, 0.2) is 5.82 Å². The number of rotatable bonds is 4. The first-order chi connectivity index (χ1) is 11.8. The van der Waals surface area contributed by atoms with Crippen LogP contribution >= 0.6 is 0 Å². The van der Waals surface area contributed by atoms with E-state index in [2.05, 4.69) is 39.6 Å². The van der Waals surface area contributed by atoms with Gasteiger partial charge >= 0.3 is 0 Å². The van der Waals surface area contributed by atoms with E-state index in [1.54, 1.807) is 6.20 Å². The highest BCUT2D eigenvalue weighted by atomic mass is 16.3. The Morgan fingerprint density at radius 1 is 1.25 bits per heavy atom. The van der Waals surface area contributed by atoms with E-state index in [-0.39, 0.29) is 6.04 Å². The third kappa shape index (κ3) is 2.14. The summed E-state index contributed by atoms with van der Waals surface area (Å²) in [6, 6.07) is 10.1. The number of hydrogen-bond acceptors (Lipinski definition) is 5. The molecular weight excluding hydrogens is 302 g/mol. The van der Waals surface area contributed by atoms with Crippen LogP contribution in [0.2, 0.25) is 0 Å². The van der Waals surface area contributed by atoms with E-state index < -0.39 is 0 Å². The van der Waals surface area contributed by atoms with Crippen LogP contribution in [0.5, 0.6) is 0 Å². The topological polar surface area (TPSA) is 68.2 Å². The molecule has 1 aliphatic carbocycles. The zero-order chi connectivity index (χ0) is 16.1. The van der Waals surface area contributed by atoms with Gasteiger partial charge in [0, 0.05) is 23.7 Å². The van der Waals surface area contributed by atoms with Gasteiger partial charge in [0.05, 0.1) is 6.04 Å². The summed E-state index contributed by atoms with van der Waals surface area (Å²) in [6.07, 6.45) is 6.11. The van der Waals surface area contributed by atoms with E-state index in [0.717, 1.165) is 34.0 Å². The molecule has 0 unspecified atom stereocenters. The molecule has 120 valence electrons. The fourth-order valence-corrected chi connectivity index (χ4v) is 3.06. The molecule has 0 radical (unpaired) electrons. The lowest BCUT2D eigenvalue weighted by Crippen LogP contribution is -2.08. The van der Waals surface area contributed by atoms with Gasteiger partial charge in [0.25, 0.3) is 0 Å². The number of nitrogens with zero attached hydrogens (tertiary/aromatic N) is 4. The predicted octanol–water partition coefficient (Wildman–Crippen LogP) is 3.92. The Labute approximate surface area is 138 Å². The molecule has 0 saturated heterocycles. The van der Waals surface area contributed by atoms with Crippen molar-refractivity contribution in [1.29, 1.82) is 0 Å². The number of benzene rings is 1. The summed E-state index contributed by atoms with van der Waals surface area (Å²) in [5.41, 5.74) is 1.66. The van der Waals surface area contributed by atoms with Crippen molar-refractivity contribution >= 4 is 22.4 Å². The average Bonchev–Trinajstić information content (AvgIpc) is 3.20. The number of hydrogen-bond donors (Lipinski definition) is 1. The van der Waals surface area contributed by atoms with Gasteiger partial charge in [-0.2, -0.15) is 0 Å². The third-order valence-corrected chi connectivity index (χ3v) is 4.52. The van der Waals surface area contributed by atoms with Crippen molar-refractivity contribution in [3.8, 4) is 0 Å². The number of aromatic nitrogens is 4. The smallest absolute Gasteiger partial charge is 0.203 e. The van der Waals surface area contributed by atoms with E-state index in [4.69, 9.17) is 4.42 Å². The van der Waals surface area contributed by atoms with Crippen molar-refractivity contribution in [3.05, 3.63) is 54.3 Å². The molecule has 1 saturated carbocycles. The zero-order valence-electron chi connectivity index (χ0n) is 13.3. The van der Waals surface area contributed by atoms with Crippen LogP contribution in [-0.2, 0) is 0 Å². The van der Waals surface area contributed by atoms with Gasteiger partial charge < -0.3 is 9.73 Å². The molecule has 1 N–H and O–H groups in total. The SMILES string of the molecule is C[C@@H](Nc1nccn2c(C3CC3)nnc12)c1cc2ccccc2o1. The molecule has 1 aliphatic rings. The molecule has 1 fully saturated rings. The van der Waals surface area contributed by atoms with Crippen LogP contribution in [0, 0.1) is 0 Å². The summed E-state index contributed by atoms with van der Waals surface area (Å²) in [5.74, 6) is 3.18. The van der Waals surface area contributed by atoms with E-state index in [9.17, 15) is 0 Å². The van der Waals surface area contributed by atoms with E-state index in [1.807, 2.05) is 28.8 Å². The number of anilines is 1. The van der Waals surface area contributed by atoms with Crippen LogP contribution in [0.4, 0.5) is 5.82 Å². The molecule has 6 heteroatoms. The predicted molar refractivity (Wildman–Crippen MR) is 91.0 cm³/mol. The van der Waals surface area contributed by atoms with Crippen molar-refractivity contribution in [2.24, 2.45) is 0 Å². The van der Waals surface area contributed by atoms with Crippen molar-refractivity contribution < 1.29 is 4.42 Å². The maximum atomic E-state index is 5.93. The molecule has 3 heterocycles. The van der Waals surface area contributed by atoms with Gasteiger partial charge in [-0.15, -0.1) is 10.2 Å². The molecule has 5 rings (SSSR count). The highest BCUT2D eigenvalue weighted by Crippen LogP contribution is 2.39. The summed E-state index contributed by atoms with van der Waals surface area (Å²) in [5, 5.41) is 13.2. The molecule has 4 aromatic rings. The molecule has 6 nitrogen and oxygen atoms in total. The molecule has 24 heavy (non-hydrogen) atoms. The molecule has 0 spiro atoms. The Kier molecular flexibility index (Phi) is 2.85. The van der Waals surface area contributed by atoms with Crippen molar-refractivity contribution in [2.45, 2.75) is 31.7 Å². The van der Waals surface area contributed by atoms with Gasteiger partial charge in [0.2, 0.25) is 5.65 Å². The van der Waals surface area contributed by atoms with Crippen molar-refractivity contribution in [3.63, 3.8) is 0 Å². The quantitative estimate of drug-likeness (QED) is 0.617. The lowest BCUT2D eigenvalue weighted by Gasteiger charge is -2.12. The van der Waals surface area contributed by atoms with Crippen molar-refractivity contribution in [2.75, 3.05) is 5.32 Å². The van der Waals surface area contributed by atoms with Gasteiger partial charge in [0.1, 0.15) is 17.2 Å². The Balaban J connectivity index is 1.49. The van der Waals surface area contributed by atoms with Gasteiger partial charge in [-0.25, -0.2) is 4.98 Å². The first kappa shape index (κ1) is 13.5. The van der Waals surface area contributed by atoms with Crippen LogP contribution in [0.1, 0.15) is 43.3 Å². The second-order valence-electron chi connectivity index (χ2n) is 6.35. The highest BCUT2D eigenvalue weighted by molar-refractivity contribution is 5.78. The molecule has 0 aliphatic heterocycles. The monoisotopic (exact) mass is 319 g/mol. The number of furan rings is 1. The lowest BCUT2D eigenvalue weighted by molar-refractivity contribution is 0.525.